The number of hydrogen-bond donors (Lipinski definition) is 0. The number of nitrogens with zero attached hydrogens (tertiary/aromatic N) is 1. The zero-order valence-electron chi connectivity index (χ0n) is 6.74. The first-order valence-electron chi connectivity index (χ1n) is 3.65. The molecule has 0 fully saturated rings. The topological polar surface area (TPSA) is 30.0 Å². The fraction of sp³-hybridized carbons (Fsp3) is 0.333. The van der Waals surface area contributed by atoms with E-state index in [2.05, 4.69) is 18.8 Å². The summed E-state index contributed by atoms with van der Waals surface area (Å²) in [6, 6.07) is 3.67. The van der Waals surface area contributed by atoms with Crippen LogP contribution >= 0.6 is 0 Å². The third-order valence-electron chi connectivity index (χ3n) is 1.54. The van der Waals surface area contributed by atoms with Gasteiger partial charge in [-0.05, 0) is 18.1 Å². The average Bonchev–Trinajstić information content (AvgIpc) is 2.05. The molecule has 0 radical (unpaired) electrons. The van der Waals surface area contributed by atoms with Gasteiger partial charge in [-0.1, -0.05) is 13.8 Å². The van der Waals surface area contributed by atoms with Gasteiger partial charge in [0.1, 0.15) is 0 Å². The van der Waals surface area contributed by atoms with Crippen molar-refractivity contribution in [2.75, 3.05) is 0 Å². The highest BCUT2D eigenvalue weighted by atomic mass is 16.1. The van der Waals surface area contributed by atoms with Crippen LogP contribution in [0, 0.1) is 0 Å². The molecule has 2 heteroatoms. The molecule has 0 aliphatic carbocycles. The maximum atomic E-state index is 10.2. The third kappa shape index (κ3) is 1.87. The van der Waals surface area contributed by atoms with E-state index in [0.717, 1.165) is 12.0 Å². The predicted octanol–water partition coefficient (Wildman–Crippen LogP) is 2.02. The summed E-state index contributed by atoms with van der Waals surface area (Å²) in [6.07, 6.45) is 2.40. The summed E-state index contributed by atoms with van der Waals surface area (Å²) in [7, 11) is 0. The molecule has 0 atom stereocenters. The van der Waals surface area contributed by atoms with E-state index in [1.165, 1.54) is 0 Å². The molecule has 0 aromatic carbocycles. The van der Waals surface area contributed by atoms with Crippen LogP contribution in [0.15, 0.2) is 18.3 Å². The van der Waals surface area contributed by atoms with Gasteiger partial charge in [-0.2, -0.15) is 0 Å². The van der Waals surface area contributed by atoms with Crippen LogP contribution in [0.5, 0.6) is 0 Å². The molecule has 1 heterocycles. The Morgan fingerprint density at radius 2 is 2.18 bits per heavy atom. The van der Waals surface area contributed by atoms with Gasteiger partial charge in [0, 0.05) is 17.5 Å². The van der Waals surface area contributed by atoms with Crippen molar-refractivity contribution < 1.29 is 4.79 Å². The number of rotatable bonds is 2. The zero-order valence-corrected chi connectivity index (χ0v) is 6.74. The lowest BCUT2D eigenvalue weighted by molar-refractivity contribution is 0.112. The SMILES string of the molecule is CC(C)c1ccc(C=O)cn1. The quantitative estimate of drug-likeness (QED) is 0.602. The standard InChI is InChI=1S/C9H11NO/c1-7(2)9-4-3-8(6-11)5-10-9/h3-7H,1-2H3. The Bertz CT molecular complexity index is 238. The lowest BCUT2D eigenvalue weighted by Crippen LogP contribution is -1.92. The van der Waals surface area contributed by atoms with Gasteiger partial charge in [0.05, 0.1) is 0 Å². The number of carbonyl (C=O) groups is 1. The van der Waals surface area contributed by atoms with Gasteiger partial charge in [0.15, 0.2) is 6.29 Å². The second-order valence-corrected chi connectivity index (χ2v) is 2.79. The molecule has 0 spiro atoms. The maximum absolute atomic E-state index is 10.2. The lowest BCUT2D eigenvalue weighted by atomic mass is 10.1. The summed E-state index contributed by atoms with van der Waals surface area (Å²) in [5, 5.41) is 0. The summed E-state index contributed by atoms with van der Waals surface area (Å²) >= 11 is 0. The average molecular weight is 149 g/mol. The fourth-order valence-corrected chi connectivity index (χ4v) is 0.828. The van der Waals surface area contributed by atoms with Crippen molar-refractivity contribution in [3.63, 3.8) is 0 Å². The van der Waals surface area contributed by atoms with Crippen molar-refractivity contribution in [1.82, 2.24) is 4.98 Å². The van der Waals surface area contributed by atoms with Crippen molar-refractivity contribution >= 4 is 6.29 Å². The Kier molecular flexibility index (Phi) is 2.36. The second kappa shape index (κ2) is 3.28. The molecule has 0 aliphatic heterocycles. The van der Waals surface area contributed by atoms with E-state index >= 15 is 0 Å². The molecule has 0 N–H and O–H groups in total. The molecular formula is C9H11NO. The van der Waals surface area contributed by atoms with Crippen LogP contribution < -0.4 is 0 Å². The van der Waals surface area contributed by atoms with Gasteiger partial charge in [-0.25, -0.2) is 0 Å². The Balaban J connectivity index is 2.91. The van der Waals surface area contributed by atoms with E-state index in [1.807, 2.05) is 6.07 Å². The van der Waals surface area contributed by atoms with Crippen molar-refractivity contribution in [2.45, 2.75) is 19.8 Å². The first-order chi connectivity index (χ1) is 5.24. The molecule has 0 saturated carbocycles. The minimum absolute atomic E-state index is 0.427. The molecule has 0 saturated heterocycles. The van der Waals surface area contributed by atoms with E-state index in [0.29, 0.717) is 11.5 Å². The monoisotopic (exact) mass is 149 g/mol. The van der Waals surface area contributed by atoms with Crippen LogP contribution in [0.25, 0.3) is 0 Å². The van der Waals surface area contributed by atoms with Gasteiger partial charge in [-0.3, -0.25) is 9.78 Å². The van der Waals surface area contributed by atoms with Crippen molar-refractivity contribution in [2.24, 2.45) is 0 Å². The van der Waals surface area contributed by atoms with Crippen molar-refractivity contribution in [1.29, 1.82) is 0 Å². The van der Waals surface area contributed by atoms with Crippen LogP contribution in [0.3, 0.4) is 0 Å². The first-order valence-corrected chi connectivity index (χ1v) is 3.65. The van der Waals surface area contributed by atoms with Gasteiger partial charge < -0.3 is 0 Å². The predicted molar refractivity (Wildman–Crippen MR) is 43.7 cm³/mol. The summed E-state index contributed by atoms with van der Waals surface area (Å²) < 4.78 is 0. The van der Waals surface area contributed by atoms with Crippen LogP contribution in [0.1, 0.15) is 35.8 Å². The van der Waals surface area contributed by atoms with Gasteiger partial charge in [0.25, 0.3) is 0 Å². The van der Waals surface area contributed by atoms with Crippen LogP contribution in [-0.4, -0.2) is 11.3 Å². The van der Waals surface area contributed by atoms with Gasteiger partial charge in [0.2, 0.25) is 0 Å². The molecule has 1 aromatic heterocycles. The van der Waals surface area contributed by atoms with Gasteiger partial charge in [-0.15, -0.1) is 0 Å². The van der Waals surface area contributed by atoms with Crippen LogP contribution in [0.4, 0.5) is 0 Å². The minimum Gasteiger partial charge on any atom is -0.298 e. The molecule has 11 heavy (non-hydrogen) atoms. The highest BCUT2D eigenvalue weighted by Gasteiger charge is 1.98. The van der Waals surface area contributed by atoms with E-state index < -0.39 is 0 Å². The first kappa shape index (κ1) is 7.92. The minimum atomic E-state index is 0.427. The van der Waals surface area contributed by atoms with Crippen LogP contribution in [-0.2, 0) is 0 Å². The molecular weight excluding hydrogens is 138 g/mol. The number of pyridine rings is 1. The van der Waals surface area contributed by atoms with E-state index in [1.54, 1.807) is 12.3 Å². The molecule has 1 rings (SSSR count). The summed E-state index contributed by atoms with van der Waals surface area (Å²) in [4.78, 5) is 14.4. The van der Waals surface area contributed by atoms with Gasteiger partial charge >= 0.3 is 0 Å². The molecule has 0 amide bonds. The Morgan fingerprint density at radius 3 is 2.55 bits per heavy atom. The van der Waals surface area contributed by atoms with E-state index in [9.17, 15) is 4.79 Å². The normalized spacial score (nSPS) is 10.1. The Labute approximate surface area is 66.3 Å². The fourth-order valence-electron chi connectivity index (χ4n) is 0.828. The molecule has 0 bridgehead atoms. The number of aromatic nitrogens is 1. The smallest absolute Gasteiger partial charge is 0.151 e. The summed E-state index contributed by atoms with van der Waals surface area (Å²) in [5.41, 5.74) is 1.66. The highest BCUT2D eigenvalue weighted by Crippen LogP contribution is 2.10. The van der Waals surface area contributed by atoms with Crippen molar-refractivity contribution in [3.05, 3.63) is 29.6 Å². The molecule has 2 nitrogen and oxygen atoms in total. The number of hydrogen-bond acceptors (Lipinski definition) is 2. The summed E-state index contributed by atoms with van der Waals surface area (Å²) in [5.74, 6) is 0.427. The molecule has 58 valence electrons. The maximum Gasteiger partial charge on any atom is 0.151 e. The number of aldehydes is 1. The Hall–Kier alpha value is -1.18. The summed E-state index contributed by atoms with van der Waals surface area (Å²) in [6.45, 7) is 4.14. The second-order valence-electron chi connectivity index (χ2n) is 2.79. The van der Waals surface area contributed by atoms with E-state index in [4.69, 9.17) is 0 Å². The molecule has 0 unspecified atom stereocenters. The number of carbonyl (C=O) groups excluding carboxylic acids is 1. The van der Waals surface area contributed by atoms with Crippen LogP contribution in [0.2, 0.25) is 0 Å². The van der Waals surface area contributed by atoms with Crippen molar-refractivity contribution in [3.8, 4) is 0 Å². The largest absolute Gasteiger partial charge is 0.298 e. The zero-order chi connectivity index (χ0) is 8.27. The molecule has 1 aromatic rings. The van der Waals surface area contributed by atoms with E-state index in [-0.39, 0.29) is 0 Å². The third-order valence-corrected chi connectivity index (χ3v) is 1.54. The molecule has 0 aliphatic rings. The highest BCUT2D eigenvalue weighted by molar-refractivity contribution is 5.73. The lowest BCUT2D eigenvalue weighted by Gasteiger charge is -2.01. The Morgan fingerprint density at radius 1 is 1.45 bits per heavy atom.